The fraction of sp³-hybridized carbons (Fsp3) is 0.190. The Morgan fingerprint density at radius 3 is 2.42 bits per heavy atom. The molecule has 0 bridgehead atoms. The van der Waals surface area contributed by atoms with Crippen molar-refractivity contribution in [2.75, 3.05) is 11.6 Å². The predicted molar refractivity (Wildman–Crippen MR) is 112 cm³/mol. The summed E-state index contributed by atoms with van der Waals surface area (Å²) in [5.41, 5.74) is -2.00. The molecule has 0 spiro atoms. The van der Waals surface area contributed by atoms with E-state index in [1.165, 1.54) is 43.5 Å². The van der Waals surface area contributed by atoms with Gasteiger partial charge in [0.1, 0.15) is 17.1 Å². The molecule has 0 aliphatic heterocycles. The number of aryl methyl sites for hydroxylation is 1. The maximum Gasteiger partial charge on any atom is 0.435 e. The Kier molecular flexibility index (Phi) is 6.41. The zero-order chi connectivity index (χ0) is 24.6. The molecule has 0 saturated heterocycles. The van der Waals surface area contributed by atoms with Gasteiger partial charge in [-0.15, -0.1) is 10.2 Å². The summed E-state index contributed by atoms with van der Waals surface area (Å²) in [6.07, 6.45) is -3.69. The highest BCUT2D eigenvalue weighted by atomic mass is 32.2. The van der Waals surface area contributed by atoms with Crippen LogP contribution in [-0.2, 0) is 15.9 Å². The molecule has 7 nitrogen and oxygen atoms in total. The smallest absolute Gasteiger partial charge is 0.435 e. The van der Waals surface area contributed by atoms with E-state index in [4.69, 9.17) is 9.52 Å². The SMILES string of the molecule is Cc1cc(F)ccc1Oc1nnc(C(F)(F)F)c(C)c1C(=O)Nc1cccc([S@](C)(=N)=O)c1. The maximum absolute atomic E-state index is 13.4. The van der Waals surface area contributed by atoms with Gasteiger partial charge in [0, 0.05) is 16.8 Å². The standard InChI is InChI=1S/C21H18F4N4O3S/c1-11-9-13(22)7-8-16(11)32-20-17(12(2)18(28-29-20)21(23,24)25)19(30)27-14-5-4-6-15(10-14)33(3,26)31/h4-10,26H,1-3H3,(H,27,30)/t33-/m1/s1. The summed E-state index contributed by atoms with van der Waals surface area (Å²) in [5, 5.41) is 9.05. The Balaban J connectivity index is 2.08. The molecule has 0 fully saturated rings. The Hall–Kier alpha value is -3.54. The molecule has 1 heterocycles. The van der Waals surface area contributed by atoms with E-state index in [0.717, 1.165) is 19.1 Å². The van der Waals surface area contributed by atoms with Crippen LogP contribution in [0.3, 0.4) is 0 Å². The predicted octanol–water partition coefficient (Wildman–Crippen LogP) is 5.33. The summed E-state index contributed by atoms with van der Waals surface area (Å²) in [7, 11) is -3.09. The van der Waals surface area contributed by atoms with E-state index in [1.807, 2.05) is 0 Å². The summed E-state index contributed by atoms with van der Waals surface area (Å²) in [6.45, 7) is 2.56. The van der Waals surface area contributed by atoms with E-state index in [-0.39, 0.29) is 16.3 Å². The van der Waals surface area contributed by atoms with Gasteiger partial charge in [0.25, 0.3) is 11.8 Å². The van der Waals surface area contributed by atoms with Crippen LogP contribution in [0.1, 0.15) is 27.2 Å². The number of carbonyl (C=O) groups excluding carboxylic acids is 1. The maximum atomic E-state index is 13.4. The molecule has 12 heteroatoms. The summed E-state index contributed by atoms with van der Waals surface area (Å²) >= 11 is 0. The molecule has 33 heavy (non-hydrogen) atoms. The first-order valence-electron chi connectivity index (χ1n) is 9.31. The molecule has 1 amide bonds. The minimum absolute atomic E-state index is 0.0702. The van der Waals surface area contributed by atoms with Crippen molar-refractivity contribution in [1.82, 2.24) is 10.2 Å². The van der Waals surface area contributed by atoms with E-state index in [9.17, 15) is 26.6 Å². The van der Waals surface area contributed by atoms with Crippen molar-refractivity contribution in [1.29, 1.82) is 4.78 Å². The van der Waals surface area contributed by atoms with Gasteiger partial charge in [0.2, 0.25) is 0 Å². The number of aromatic nitrogens is 2. The molecule has 0 radical (unpaired) electrons. The van der Waals surface area contributed by atoms with Crippen LogP contribution in [0.5, 0.6) is 11.6 Å². The number of anilines is 1. The first-order chi connectivity index (χ1) is 15.3. The topological polar surface area (TPSA) is 105 Å². The number of halogens is 4. The van der Waals surface area contributed by atoms with Crippen LogP contribution in [0, 0.1) is 24.4 Å². The zero-order valence-corrected chi connectivity index (χ0v) is 18.4. The Bertz CT molecular complexity index is 1340. The number of alkyl halides is 3. The van der Waals surface area contributed by atoms with Crippen LogP contribution in [0.4, 0.5) is 23.2 Å². The highest BCUT2D eigenvalue weighted by Crippen LogP contribution is 2.35. The largest absolute Gasteiger partial charge is 0.437 e. The number of benzene rings is 2. The van der Waals surface area contributed by atoms with Gasteiger partial charge in [0.15, 0.2) is 5.69 Å². The lowest BCUT2D eigenvalue weighted by Crippen LogP contribution is -2.21. The van der Waals surface area contributed by atoms with Gasteiger partial charge in [-0.1, -0.05) is 6.07 Å². The van der Waals surface area contributed by atoms with Gasteiger partial charge >= 0.3 is 6.18 Å². The number of carbonyl (C=O) groups is 1. The Morgan fingerprint density at radius 2 is 1.82 bits per heavy atom. The average Bonchev–Trinajstić information content (AvgIpc) is 2.68. The lowest BCUT2D eigenvalue weighted by atomic mass is 10.1. The van der Waals surface area contributed by atoms with Crippen molar-refractivity contribution in [3.8, 4) is 11.6 Å². The van der Waals surface area contributed by atoms with Crippen molar-refractivity contribution in [2.45, 2.75) is 24.9 Å². The highest BCUT2D eigenvalue weighted by molar-refractivity contribution is 7.91. The van der Waals surface area contributed by atoms with Crippen LogP contribution in [-0.4, -0.2) is 26.6 Å². The number of nitrogens with one attached hydrogen (secondary N) is 2. The molecule has 0 aliphatic rings. The Labute approximate surface area is 186 Å². The third-order valence-electron chi connectivity index (χ3n) is 4.57. The van der Waals surface area contributed by atoms with E-state index < -0.39 is 50.3 Å². The summed E-state index contributed by atoms with van der Waals surface area (Å²) in [5.74, 6) is -1.98. The van der Waals surface area contributed by atoms with Crippen LogP contribution in [0.25, 0.3) is 0 Å². The molecule has 3 rings (SSSR count). The quantitative estimate of drug-likeness (QED) is 0.478. The normalized spacial score (nSPS) is 13.3. The summed E-state index contributed by atoms with van der Waals surface area (Å²) < 4.78 is 78.8. The number of amides is 1. The molecule has 2 N–H and O–H groups in total. The molecule has 2 aromatic carbocycles. The molecule has 1 aromatic heterocycles. The van der Waals surface area contributed by atoms with Gasteiger partial charge in [0.05, 0.1) is 9.73 Å². The van der Waals surface area contributed by atoms with Crippen molar-refractivity contribution in [3.63, 3.8) is 0 Å². The zero-order valence-electron chi connectivity index (χ0n) is 17.6. The highest BCUT2D eigenvalue weighted by Gasteiger charge is 2.38. The summed E-state index contributed by atoms with van der Waals surface area (Å²) in [4.78, 5) is 13.1. The second-order valence-electron chi connectivity index (χ2n) is 7.19. The van der Waals surface area contributed by atoms with E-state index in [1.54, 1.807) is 0 Å². The number of hydrogen-bond acceptors (Lipinski definition) is 6. The second-order valence-corrected chi connectivity index (χ2v) is 9.35. The molecule has 174 valence electrons. The van der Waals surface area contributed by atoms with Gasteiger partial charge in [-0.2, -0.15) is 13.2 Å². The van der Waals surface area contributed by atoms with Crippen LogP contribution in [0.15, 0.2) is 47.4 Å². The average molecular weight is 482 g/mol. The fourth-order valence-electron chi connectivity index (χ4n) is 2.95. The third kappa shape index (κ3) is 5.45. The number of nitrogens with zero attached hydrogens (tertiary/aromatic N) is 2. The van der Waals surface area contributed by atoms with E-state index >= 15 is 0 Å². The molecule has 3 aromatic rings. The van der Waals surface area contributed by atoms with Crippen molar-refractivity contribution >= 4 is 21.3 Å². The molecular formula is C21H18F4N4O3S. The molecule has 0 unspecified atom stereocenters. The van der Waals surface area contributed by atoms with Gasteiger partial charge in [-0.25, -0.2) is 13.4 Å². The minimum Gasteiger partial charge on any atom is -0.437 e. The Morgan fingerprint density at radius 1 is 1.12 bits per heavy atom. The third-order valence-corrected chi connectivity index (χ3v) is 5.72. The van der Waals surface area contributed by atoms with Crippen molar-refractivity contribution in [2.24, 2.45) is 0 Å². The summed E-state index contributed by atoms with van der Waals surface area (Å²) in [6, 6.07) is 9.06. The number of ether oxygens (including phenoxy) is 1. The first-order valence-corrected chi connectivity index (χ1v) is 11.3. The van der Waals surface area contributed by atoms with Crippen LogP contribution >= 0.6 is 0 Å². The van der Waals surface area contributed by atoms with Gasteiger partial charge < -0.3 is 10.1 Å². The van der Waals surface area contributed by atoms with Crippen molar-refractivity contribution < 1.29 is 31.3 Å². The molecule has 0 aliphatic carbocycles. The minimum atomic E-state index is -4.88. The van der Waals surface area contributed by atoms with Gasteiger partial charge in [-0.3, -0.25) is 4.79 Å². The van der Waals surface area contributed by atoms with Crippen LogP contribution < -0.4 is 10.1 Å². The van der Waals surface area contributed by atoms with Crippen LogP contribution in [0.2, 0.25) is 0 Å². The fourth-order valence-corrected chi connectivity index (χ4v) is 3.64. The van der Waals surface area contributed by atoms with E-state index in [2.05, 4.69) is 15.5 Å². The monoisotopic (exact) mass is 482 g/mol. The number of rotatable bonds is 5. The number of hydrogen-bond donors (Lipinski definition) is 2. The molecular weight excluding hydrogens is 464 g/mol. The molecule has 1 atom stereocenters. The lowest BCUT2D eigenvalue weighted by Gasteiger charge is -2.17. The van der Waals surface area contributed by atoms with Gasteiger partial charge in [-0.05, 0) is 61.4 Å². The van der Waals surface area contributed by atoms with E-state index in [0.29, 0.717) is 5.56 Å². The second kappa shape index (κ2) is 8.77. The lowest BCUT2D eigenvalue weighted by molar-refractivity contribution is -0.142. The first kappa shape index (κ1) is 24.1. The molecule has 0 saturated carbocycles. The van der Waals surface area contributed by atoms with Crippen molar-refractivity contribution in [3.05, 3.63) is 70.7 Å².